The summed E-state index contributed by atoms with van der Waals surface area (Å²) in [5.41, 5.74) is 0.740. The van der Waals surface area contributed by atoms with Gasteiger partial charge in [0, 0.05) is 14.7 Å². The van der Waals surface area contributed by atoms with Gasteiger partial charge in [-0.2, -0.15) is 0 Å². The van der Waals surface area contributed by atoms with E-state index < -0.39 is 49.8 Å². The molecule has 1 heterocycles. The number of rotatable bonds is 11. The first-order valence-corrected chi connectivity index (χ1v) is 17.1. The molecule has 0 bridgehead atoms. The van der Waals surface area contributed by atoms with Crippen LogP contribution in [0.2, 0.25) is 25.7 Å². The Hall–Kier alpha value is -2.78. The number of ether oxygens (including phenoxy) is 3. The average Bonchev–Trinajstić information content (AvgIpc) is 3.13. The minimum absolute atomic E-state index is 0.00517. The topological polar surface area (TPSA) is 45.5 Å². The number of hydrogen-bond acceptors (Lipinski definition) is 5. The number of benzene rings is 2. The maximum atomic E-state index is 14.8. The minimum Gasteiger partial charge on any atom is -0.403 e. The predicted octanol–water partition coefficient (Wildman–Crippen LogP) is 8.48. The van der Waals surface area contributed by atoms with Crippen molar-refractivity contribution in [2.24, 2.45) is 0 Å². The monoisotopic (exact) mass is 628 g/mol. The van der Waals surface area contributed by atoms with Crippen molar-refractivity contribution >= 4 is 19.8 Å². The summed E-state index contributed by atoms with van der Waals surface area (Å²) in [4.78, 5) is 4.62. The SMILES string of the molecule is CSc1nc(C(c2ccc(OC(F)(F)F)c(F)c2)c2ccc(OC(F)(F)F)c(F)c2)n(COCC[Si](C)(C)C)c1C. The van der Waals surface area contributed by atoms with Gasteiger partial charge in [-0.3, -0.25) is 0 Å². The zero-order chi connectivity index (χ0) is 30.8. The molecule has 0 aliphatic carbocycles. The van der Waals surface area contributed by atoms with Crippen LogP contribution in [0.4, 0.5) is 35.1 Å². The van der Waals surface area contributed by atoms with E-state index in [0.29, 0.717) is 17.3 Å². The van der Waals surface area contributed by atoms with E-state index in [1.807, 2.05) is 0 Å². The van der Waals surface area contributed by atoms with Gasteiger partial charge in [-0.25, -0.2) is 13.8 Å². The van der Waals surface area contributed by atoms with E-state index in [1.165, 1.54) is 11.8 Å². The molecule has 0 atom stereocenters. The first-order chi connectivity index (χ1) is 18.9. The van der Waals surface area contributed by atoms with E-state index in [0.717, 1.165) is 42.4 Å². The summed E-state index contributed by atoms with van der Waals surface area (Å²) in [6, 6.07) is 6.24. The summed E-state index contributed by atoms with van der Waals surface area (Å²) in [6.07, 6.45) is -8.53. The summed E-state index contributed by atoms with van der Waals surface area (Å²) in [7, 11) is -1.43. The average molecular weight is 629 g/mol. The fraction of sp³-hybridized carbons (Fsp3) is 0.423. The Bertz CT molecular complexity index is 1290. The van der Waals surface area contributed by atoms with E-state index >= 15 is 0 Å². The standard InChI is InChI=1S/C26H28F8N2O3SSi/c1-15-24(40-2)35-23(36(15)14-37-10-11-41(3,4)5)22(16-6-8-20(18(27)12-16)38-25(29,30)31)17-7-9-21(19(28)13-17)39-26(32,33)34/h6-9,12-13,22H,10-11,14H2,1-5H3. The van der Waals surface area contributed by atoms with E-state index in [1.54, 1.807) is 17.7 Å². The van der Waals surface area contributed by atoms with Crippen molar-refractivity contribution in [1.82, 2.24) is 9.55 Å². The van der Waals surface area contributed by atoms with Gasteiger partial charge in [-0.15, -0.1) is 38.1 Å². The number of hydrogen-bond donors (Lipinski definition) is 0. The van der Waals surface area contributed by atoms with Crippen LogP contribution in [0.1, 0.15) is 28.6 Å². The Morgan fingerprint density at radius 2 is 1.37 bits per heavy atom. The Morgan fingerprint density at radius 3 is 1.76 bits per heavy atom. The Kier molecular flexibility index (Phi) is 10.1. The molecule has 0 aliphatic rings. The fourth-order valence-corrected chi connectivity index (χ4v) is 5.29. The molecule has 0 radical (unpaired) electrons. The molecule has 2 aromatic carbocycles. The molecule has 0 fully saturated rings. The second-order valence-corrected chi connectivity index (χ2v) is 16.7. The first kappa shape index (κ1) is 32.7. The maximum absolute atomic E-state index is 14.8. The third-order valence-electron chi connectivity index (χ3n) is 5.91. The van der Waals surface area contributed by atoms with Gasteiger partial charge in [-0.05, 0) is 54.6 Å². The van der Waals surface area contributed by atoms with Crippen LogP contribution in [-0.2, 0) is 11.5 Å². The van der Waals surface area contributed by atoms with Crippen LogP contribution in [0.5, 0.6) is 11.5 Å². The van der Waals surface area contributed by atoms with Crippen molar-refractivity contribution in [3.05, 3.63) is 70.7 Å². The van der Waals surface area contributed by atoms with Crippen LogP contribution < -0.4 is 9.47 Å². The summed E-state index contributed by atoms with van der Waals surface area (Å²) in [5, 5.41) is 0.550. The normalized spacial score (nSPS) is 12.7. The van der Waals surface area contributed by atoms with Crippen molar-refractivity contribution < 1.29 is 49.3 Å². The van der Waals surface area contributed by atoms with Gasteiger partial charge in [0.15, 0.2) is 23.1 Å². The third kappa shape index (κ3) is 9.10. The number of imidazole rings is 1. The molecule has 0 N–H and O–H groups in total. The lowest BCUT2D eigenvalue weighted by molar-refractivity contribution is -0.276. The molecular weight excluding hydrogens is 600 g/mol. The number of aromatic nitrogens is 2. The van der Waals surface area contributed by atoms with Crippen molar-refractivity contribution in [1.29, 1.82) is 0 Å². The van der Waals surface area contributed by atoms with E-state index in [9.17, 15) is 35.1 Å². The molecule has 1 aromatic heterocycles. The molecule has 0 spiro atoms. The summed E-state index contributed by atoms with van der Waals surface area (Å²) < 4.78 is 121. The largest absolute Gasteiger partial charge is 0.573 e. The zero-order valence-corrected chi connectivity index (χ0v) is 24.5. The summed E-state index contributed by atoms with van der Waals surface area (Å²) >= 11 is 1.29. The van der Waals surface area contributed by atoms with Crippen LogP contribution in [0.15, 0.2) is 41.4 Å². The number of nitrogens with zero attached hydrogens (tertiary/aromatic N) is 2. The summed E-state index contributed by atoms with van der Waals surface area (Å²) in [6.45, 7) is 8.71. The smallest absolute Gasteiger partial charge is 0.403 e. The van der Waals surface area contributed by atoms with E-state index in [-0.39, 0.29) is 23.7 Å². The third-order valence-corrected chi connectivity index (χ3v) is 8.38. The molecule has 3 rings (SSSR count). The Labute approximate surface area is 236 Å². The number of halogens is 8. The molecule has 0 saturated heterocycles. The van der Waals surface area contributed by atoms with Crippen LogP contribution in [-0.4, -0.2) is 43.2 Å². The molecule has 3 aromatic rings. The molecule has 15 heteroatoms. The van der Waals surface area contributed by atoms with Gasteiger partial charge in [0.05, 0.1) is 11.6 Å². The Balaban J connectivity index is 2.15. The van der Waals surface area contributed by atoms with Gasteiger partial charge in [0.1, 0.15) is 17.6 Å². The van der Waals surface area contributed by atoms with Crippen LogP contribution in [0, 0.1) is 18.6 Å². The molecule has 0 aliphatic heterocycles. The summed E-state index contributed by atoms with van der Waals surface area (Å²) in [5.74, 6) is -5.79. The van der Waals surface area contributed by atoms with Crippen LogP contribution >= 0.6 is 11.8 Å². The minimum atomic E-state index is -5.15. The second-order valence-electron chi connectivity index (χ2n) is 10.2. The van der Waals surface area contributed by atoms with Gasteiger partial charge in [-0.1, -0.05) is 31.8 Å². The second kappa shape index (κ2) is 12.6. The molecule has 226 valence electrons. The number of thioether (sulfide) groups is 1. The van der Waals surface area contributed by atoms with Crippen molar-refractivity contribution in [2.75, 3.05) is 12.9 Å². The highest BCUT2D eigenvalue weighted by Gasteiger charge is 2.35. The lowest BCUT2D eigenvalue weighted by Crippen LogP contribution is -2.22. The van der Waals surface area contributed by atoms with E-state index in [4.69, 9.17) is 4.74 Å². The van der Waals surface area contributed by atoms with Gasteiger partial charge in [0.2, 0.25) is 0 Å². The van der Waals surface area contributed by atoms with Crippen molar-refractivity contribution in [2.45, 2.75) is 63.0 Å². The van der Waals surface area contributed by atoms with Gasteiger partial charge >= 0.3 is 12.7 Å². The maximum Gasteiger partial charge on any atom is 0.573 e. The number of alkyl halides is 6. The molecule has 41 heavy (non-hydrogen) atoms. The molecule has 5 nitrogen and oxygen atoms in total. The lowest BCUT2D eigenvalue weighted by Gasteiger charge is -2.22. The van der Waals surface area contributed by atoms with Crippen molar-refractivity contribution in [3.8, 4) is 11.5 Å². The highest BCUT2D eigenvalue weighted by atomic mass is 32.2. The Morgan fingerprint density at radius 1 is 0.878 bits per heavy atom. The highest BCUT2D eigenvalue weighted by Crippen LogP contribution is 2.38. The van der Waals surface area contributed by atoms with Crippen molar-refractivity contribution in [3.63, 3.8) is 0 Å². The van der Waals surface area contributed by atoms with E-state index in [2.05, 4.69) is 34.1 Å². The van der Waals surface area contributed by atoms with Gasteiger partial charge in [0.25, 0.3) is 0 Å². The van der Waals surface area contributed by atoms with Crippen LogP contribution in [0.25, 0.3) is 0 Å². The zero-order valence-electron chi connectivity index (χ0n) is 22.7. The molecule has 0 amide bonds. The lowest BCUT2D eigenvalue weighted by atomic mass is 9.90. The molecular formula is C26H28F8N2O3SSi. The predicted molar refractivity (Wildman–Crippen MR) is 140 cm³/mol. The fourth-order valence-electron chi connectivity index (χ4n) is 3.94. The first-order valence-electron chi connectivity index (χ1n) is 12.2. The molecule has 0 saturated carbocycles. The quantitative estimate of drug-likeness (QED) is 0.0923. The van der Waals surface area contributed by atoms with Crippen LogP contribution in [0.3, 0.4) is 0 Å². The van der Waals surface area contributed by atoms with Gasteiger partial charge < -0.3 is 18.8 Å². The highest BCUT2D eigenvalue weighted by molar-refractivity contribution is 7.98. The molecule has 0 unspecified atom stereocenters.